The number of rotatable bonds is 4. The highest BCUT2D eigenvalue weighted by Gasteiger charge is 2.35. The summed E-state index contributed by atoms with van der Waals surface area (Å²) < 4.78 is 5.21. The molecule has 0 bridgehead atoms. The van der Waals surface area contributed by atoms with Gasteiger partial charge in [0.15, 0.2) is 6.04 Å². The highest BCUT2D eigenvalue weighted by Crippen LogP contribution is 2.30. The number of carboxylic acids is 1. The number of amides is 1. The monoisotopic (exact) mass is 299 g/mol. The Labute approximate surface area is 128 Å². The number of nitrogens with zero attached hydrogens (tertiary/aromatic N) is 1. The zero-order valence-corrected chi connectivity index (χ0v) is 12.1. The van der Waals surface area contributed by atoms with Crippen molar-refractivity contribution in [2.24, 2.45) is 0 Å². The number of carboxylic acid groups (broad SMARTS) is 1. The molecule has 1 unspecified atom stereocenters. The lowest BCUT2D eigenvalue weighted by Gasteiger charge is -2.34. The topological polar surface area (TPSA) is 70.8 Å². The zero-order chi connectivity index (χ0) is 15.5. The molecule has 0 fully saturated rings. The predicted octanol–water partition coefficient (Wildman–Crippen LogP) is 2.42. The van der Waals surface area contributed by atoms with Gasteiger partial charge in [-0.2, -0.15) is 0 Å². The minimum Gasteiger partial charge on any atom is -0.479 e. The van der Waals surface area contributed by atoms with E-state index < -0.39 is 12.0 Å². The molecule has 0 radical (unpaired) electrons. The average molecular weight is 299 g/mol. The van der Waals surface area contributed by atoms with Crippen LogP contribution in [0.2, 0.25) is 0 Å². The van der Waals surface area contributed by atoms with Crippen LogP contribution in [0, 0.1) is 0 Å². The number of benzene rings is 1. The van der Waals surface area contributed by atoms with Gasteiger partial charge in [-0.3, -0.25) is 4.79 Å². The van der Waals surface area contributed by atoms with Crippen molar-refractivity contribution < 1.29 is 19.1 Å². The maximum absolute atomic E-state index is 12.4. The molecule has 2 heterocycles. The number of aryl methyl sites for hydroxylation is 1. The molecule has 5 nitrogen and oxygen atoms in total. The molecule has 0 saturated heterocycles. The van der Waals surface area contributed by atoms with Crippen LogP contribution in [0.25, 0.3) is 0 Å². The lowest BCUT2D eigenvalue weighted by molar-refractivity contribution is -0.151. The summed E-state index contributed by atoms with van der Waals surface area (Å²) in [6.07, 6.45) is 2.99. The summed E-state index contributed by atoms with van der Waals surface area (Å²) in [5, 5.41) is 9.54. The molecule has 1 aliphatic rings. The summed E-state index contributed by atoms with van der Waals surface area (Å²) in [4.78, 5) is 25.6. The minimum atomic E-state index is -0.988. The second-order valence-corrected chi connectivity index (χ2v) is 5.36. The molecule has 114 valence electrons. The van der Waals surface area contributed by atoms with Gasteiger partial charge in [-0.15, -0.1) is 0 Å². The Bertz CT molecular complexity index is 678. The largest absolute Gasteiger partial charge is 0.479 e. The molecule has 0 aliphatic carbocycles. The first kappa shape index (κ1) is 14.4. The molecule has 0 spiro atoms. The third-order valence-corrected chi connectivity index (χ3v) is 4.00. The van der Waals surface area contributed by atoms with Gasteiger partial charge < -0.3 is 14.4 Å². The van der Waals surface area contributed by atoms with E-state index in [1.54, 1.807) is 18.4 Å². The van der Waals surface area contributed by atoms with Crippen LogP contribution in [0.15, 0.2) is 47.1 Å². The minimum absolute atomic E-state index is 0.154. The molecule has 22 heavy (non-hydrogen) atoms. The fraction of sp³-hybridized carbons (Fsp3) is 0.294. The fourth-order valence-electron chi connectivity index (χ4n) is 2.93. The van der Waals surface area contributed by atoms with Crippen LogP contribution in [0.5, 0.6) is 0 Å². The van der Waals surface area contributed by atoms with Gasteiger partial charge in [-0.25, -0.2) is 4.79 Å². The molecule has 3 rings (SSSR count). The standard InChI is InChI=1S/C17H17NO4/c19-15(8-7-13-5-3-11-22-13)18-10-9-12-4-1-2-6-14(12)16(18)17(20)21/h1-6,11,16H,7-10H2,(H,20,21). The van der Waals surface area contributed by atoms with Crippen molar-refractivity contribution in [3.8, 4) is 0 Å². The van der Waals surface area contributed by atoms with Crippen LogP contribution in [0.3, 0.4) is 0 Å². The molecule has 1 atom stereocenters. The number of furan rings is 1. The second kappa shape index (κ2) is 6.05. The normalized spacial score (nSPS) is 17.1. The Morgan fingerprint density at radius 3 is 2.77 bits per heavy atom. The number of hydrogen-bond acceptors (Lipinski definition) is 3. The van der Waals surface area contributed by atoms with Crippen molar-refractivity contribution in [1.82, 2.24) is 4.90 Å². The maximum atomic E-state index is 12.4. The van der Waals surface area contributed by atoms with Crippen LogP contribution >= 0.6 is 0 Å². The molecule has 2 aromatic rings. The van der Waals surface area contributed by atoms with E-state index in [9.17, 15) is 14.7 Å². The van der Waals surface area contributed by atoms with E-state index in [-0.39, 0.29) is 12.3 Å². The highest BCUT2D eigenvalue weighted by molar-refractivity contribution is 5.85. The van der Waals surface area contributed by atoms with Crippen molar-refractivity contribution in [3.05, 3.63) is 59.5 Å². The van der Waals surface area contributed by atoms with Crippen molar-refractivity contribution in [2.75, 3.05) is 6.54 Å². The number of carbonyl (C=O) groups is 2. The fourth-order valence-corrected chi connectivity index (χ4v) is 2.93. The predicted molar refractivity (Wildman–Crippen MR) is 79.3 cm³/mol. The van der Waals surface area contributed by atoms with E-state index in [0.717, 1.165) is 11.3 Å². The van der Waals surface area contributed by atoms with E-state index >= 15 is 0 Å². The zero-order valence-electron chi connectivity index (χ0n) is 12.1. The van der Waals surface area contributed by atoms with E-state index in [1.807, 2.05) is 24.3 Å². The number of aliphatic carboxylic acids is 1. The Morgan fingerprint density at radius 2 is 2.05 bits per heavy atom. The van der Waals surface area contributed by atoms with Crippen LogP contribution in [0.1, 0.15) is 29.3 Å². The van der Waals surface area contributed by atoms with Crippen molar-refractivity contribution in [2.45, 2.75) is 25.3 Å². The quantitative estimate of drug-likeness (QED) is 0.941. The SMILES string of the molecule is O=C(O)C1c2ccccc2CCN1C(=O)CCc1ccco1. The third kappa shape index (κ3) is 2.74. The molecule has 1 aliphatic heterocycles. The van der Waals surface area contributed by atoms with Gasteiger partial charge in [-0.05, 0) is 29.7 Å². The molecule has 0 saturated carbocycles. The summed E-state index contributed by atoms with van der Waals surface area (Å²) in [5.74, 6) is -0.408. The first-order valence-corrected chi connectivity index (χ1v) is 7.29. The summed E-state index contributed by atoms with van der Waals surface area (Å²) in [6, 6.07) is 10.1. The Kier molecular flexibility index (Phi) is 3.96. The van der Waals surface area contributed by atoms with E-state index in [4.69, 9.17) is 4.42 Å². The van der Waals surface area contributed by atoms with Gasteiger partial charge >= 0.3 is 5.97 Å². The van der Waals surface area contributed by atoms with E-state index in [1.165, 1.54) is 4.90 Å². The molecular formula is C17H17NO4. The van der Waals surface area contributed by atoms with Gasteiger partial charge in [0, 0.05) is 19.4 Å². The average Bonchev–Trinajstić information content (AvgIpc) is 3.04. The third-order valence-electron chi connectivity index (χ3n) is 4.00. The van der Waals surface area contributed by atoms with Crippen LogP contribution in [-0.4, -0.2) is 28.4 Å². The summed E-state index contributed by atoms with van der Waals surface area (Å²) >= 11 is 0. The molecule has 1 aromatic carbocycles. The van der Waals surface area contributed by atoms with Crippen LogP contribution < -0.4 is 0 Å². The van der Waals surface area contributed by atoms with Gasteiger partial charge in [0.05, 0.1) is 6.26 Å². The summed E-state index contributed by atoms with van der Waals surface area (Å²) in [6.45, 7) is 0.435. The van der Waals surface area contributed by atoms with Crippen LogP contribution in [0.4, 0.5) is 0 Å². The molecule has 1 amide bonds. The Hall–Kier alpha value is -2.56. The Balaban J connectivity index is 1.78. The second-order valence-electron chi connectivity index (χ2n) is 5.36. The van der Waals surface area contributed by atoms with Crippen molar-refractivity contribution in [3.63, 3.8) is 0 Å². The summed E-state index contributed by atoms with van der Waals surface area (Å²) in [5.41, 5.74) is 1.72. The lowest BCUT2D eigenvalue weighted by Crippen LogP contribution is -2.43. The molecular weight excluding hydrogens is 282 g/mol. The van der Waals surface area contributed by atoms with Gasteiger partial charge in [-0.1, -0.05) is 24.3 Å². The lowest BCUT2D eigenvalue weighted by atomic mass is 9.92. The molecule has 1 aromatic heterocycles. The summed E-state index contributed by atoms with van der Waals surface area (Å²) in [7, 11) is 0. The Morgan fingerprint density at radius 1 is 1.23 bits per heavy atom. The number of hydrogen-bond donors (Lipinski definition) is 1. The number of fused-ring (bicyclic) bond motifs is 1. The van der Waals surface area contributed by atoms with E-state index in [0.29, 0.717) is 24.9 Å². The van der Waals surface area contributed by atoms with Gasteiger partial charge in [0.2, 0.25) is 5.91 Å². The van der Waals surface area contributed by atoms with Gasteiger partial charge in [0.25, 0.3) is 0 Å². The van der Waals surface area contributed by atoms with Crippen LogP contribution in [-0.2, 0) is 22.4 Å². The number of carbonyl (C=O) groups excluding carboxylic acids is 1. The van der Waals surface area contributed by atoms with Crippen molar-refractivity contribution in [1.29, 1.82) is 0 Å². The molecule has 5 heteroatoms. The highest BCUT2D eigenvalue weighted by atomic mass is 16.4. The van der Waals surface area contributed by atoms with Crippen molar-refractivity contribution >= 4 is 11.9 Å². The molecule has 1 N–H and O–H groups in total. The maximum Gasteiger partial charge on any atom is 0.331 e. The smallest absolute Gasteiger partial charge is 0.331 e. The van der Waals surface area contributed by atoms with E-state index in [2.05, 4.69) is 0 Å². The first-order chi connectivity index (χ1) is 10.7. The van der Waals surface area contributed by atoms with Gasteiger partial charge in [0.1, 0.15) is 5.76 Å². The first-order valence-electron chi connectivity index (χ1n) is 7.29.